The Hall–Kier alpha value is -3.35. The summed E-state index contributed by atoms with van der Waals surface area (Å²) in [5.74, 6) is -0.544. The van der Waals surface area contributed by atoms with Gasteiger partial charge in [0.05, 0.1) is 17.1 Å². The van der Waals surface area contributed by atoms with Crippen LogP contribution in [0.3, 0.4) is 0 Å². The molecule has 1 aromatic heterocycles. The Bertz CT molecular complexity index is 1100. The third kappa shape index (κ3) is 5.72. The first kappa shape index (κ1) is 22.8. The van der Waals surface area contributed by atoms with Gasteiger partial charge in [0, 0.05) is 30.6 Å². The molecule has 0 amide bonds. The Labute approximate surface area is 192 Å². The predicted molar refractivity (Wildman–Crippen MR) is 124 cm³/mol. The van der Waals surface area contributed by atoms with Gasteiger partial charge in [0.15, 0.2) is 5.82 Å². The standard InChI is InChI=1S/C26H27F2N3O2/c27-20-12-8-18(9-13-20)24-25(19-10-14-21(28)15-11-19)30-26-22(29-24)6-5-17-31(26)16-4-2-1-3-7-23(32)33/h8-15H,1-7,16-17H2,(H,32,33). The average Bonchev–Trinajstić information content (AvgIpc) is 2.81. The number of benzene rings is 2. The fourth-order valence-corrected chi connectivity index (χ4v) is 4.19. The molecule has 0 bridgehead atoms. The summed E-state index contributed by atoms with van der Waals surface area (Å²) in [4.78, 5) is 22.9. The second kappa shape index (κ2) is 10.5. The lowest BCUT2D eigenvalue weighted by molar-refractivity contribution is -0.137. The third-order valence-corrected chi connectivity index (χ3v) is 5.89. The molecule has 7 heteroatoms. The molecule has 2 aromatic carbocycles. The van der Waals surface area contributed by atoms with Gasteiger partial charge in [-0.25, -0.2) is 18.7 Å². The number of carboxylic acid groups (broad SMARTS) is 1. The van der Waals surface area contributed by atoms with Crippen molar-refractivity contribution in [2.45, 2.75) is 44.9 Å². The van der Waals surface area contributed by atoms with Crippen LogP contribution in [-0.2, 0) is 11.2 Å². The lowest BCUT2D eigenvalue weighted by Gasteiger charge is -2.30. The van der Waals surface area contributed by atoms with E-state index in [9.17, 15) is 13.6 Å². The molecule has 5 nitrogen and oxygen atoms in total. The van der Waals surface area contributed by atoms with Gasteiger partial charge in [-0.3, -0.25) is 4.79 Å². The molecule has 0 radical (unpaired) electrons. The highest BCUT2D eigenvalue weighted by molar-refractivity contribution is 5.79. The van der Waals surface area contributed by atoms with Gasteiger partial charge in [-0.2, -0.15) is 0 Å². The van der Waals surface area contributed by atoms with E-state index in [0.717, 1.165) is 67.8 Å². The van der Waals surface area contributed by atoms with Crippen molar-refractivity contribution in [2.24, 2.45) is 0 Å². The van der Waals surface area contributed by atoms with E-state index in [0.29, 0.717) is 17.8 Å². The van der Waals surface area contributed by atoms with Crippen molar-refractivity contribution in [3.63, 3.8) is 0 Å². The molecule has 172 valence electrons. The molecule has 0 atom stereocenters. The van der Waals surface area contributed by atoms with Crippen LogP contribution in [-0.4, -0.2) is 34.1 Å². The van der Waals surface area contributed by atoms with Gasteiger partial charge < -0.3 is 10.0 Å². The molecule has 1 aliphatic rings. The first-order valence-corrected chi connectivity index (χ1v) is 11.4. The minimum Gasteiger partial charge on any atom is -0.481 e. The van der Waals surface area contributed by atoms with Gasteiger partial charge in [0.2, 0.25) is 0 Å². The third-order valence-electron chi connectivity index (χ3n) is 5.89. The molecule has 1 N–H and O–H groups in total. The highest BCUT2D eigenvalue weighted by atomic mass is 19.1. The molecule has 4 rings (SSSR count). The summed E-state index contributed by atoms with van der Waals surface area (Å²) in [6.45, 7) is 1.71. The van der Waals surface area contributed by atoms with E-state index in [1.165, 1.54) is 24.3 Å². The van der Waals surface area contributed by atoms with Crippen LogP contribution in [0.15, 0.2) is 48.5 Å². The Morgan fingerprint density at radius 2 is 1.42 bits per heavy atom. The van der Waals surface area contributed by atoms with Gasteiger partial charge >= 0.3 is 5.97 Å². The fourth-order valence-electron chi connectivity index (χ4n) is 4.19. The van der Waals surface area contributed by atoms with Crippen molar-refractivity contribution < 1.29 is 18.7 Å². The van der Waals surface area contributed by atoms with Gasteiger partial charge in [-0.15, -0.1) is 0 Å². The first-order valence-electron chi connectivity index (χ1n) is 11.4. The number of aromatic nitrogens is 2. The van der Waals surface area contributed by atoms with E-state index in [4.69, 9.17) is 15.1 Å². The largest absolute Gasteiger partial charge is 0.481 e. The van der Waals surface area contributed by atoms with E-state index in [1.54, 1.807) is 24.3 Å². The van der Waals surface area contributed by atoms with E-state index in [-0.39, 0.29) is 18.1 Å². The molecule has 3 aromatic rings. The number of halogens is 2. The molecule has 0 fully saturated rings. The number of fused-ring (bicyclic) bond motifs is 1. The van der Waals surface area contributed by atoms with Crippen molar-refractivity contribution in [3.8, 4) is 22.5 Å². The van der Waals surface area contributed by atoms with E-state index >= 15 is 0 Å². The fraction of sp³-hybridized carbons (Fsp3) is 0.346. The molecule has 0 aliphatic carbocycles. The molecular weight excluding hydrogens is 424 g/mol. The number of carbonyl (C=O) groups is 1. The van der Waals surface area contributed by atoms with Gasteiger partial charge in [-0.05, 0) is 74.2 Å². The van der Waals surface area contributed by atoms with Crippen molar-refractivity contribution in [3.05, 3.63) is 65.9 Å². The van der Waals surface area contributed by atoms with Gasteiger partial charge in [0.1, 0.15) is 11.6 Å². The number of unbranched alkanes of at least 4 members (excludes halogenated alkanes) is 3. The minimum absolute atomic E-state index is 0.214. The molecule has 33 heavy (non-hydrogen) atoms. The SMILES string of the molecule is O=C(O)CCCCCCN1CCCc2nc(-c3ccc(F)cc3)c(-c3ccc(F)cc3)nc21. The molecule has 0 spiro atoms. The lowest BCUT2D eigenvalue weighted by Crippen LogP contribution is -2.32. The topological polar surface area (TPSA) is 66.3 Å². The van der Waals surface area contributed by atoms with Crippen LogP contribution < -0.4 is 4.90 Å². The molecular formula is C26H27F2N3O2. The zero-order valence-corrected chi connectivity index (χ0v) is 18.4. The zero-order chi connectivity index (χ0) is 23.2. The highest BCUT2D eigenvalue weighted by Crippen LogP contribution is 2.35. The Morgan fingerprint density at radius 3 is 2.03 bits per heavy atom. The quantitative estimate of drug-likeness (QED) is 0.412. The lowest BCUT2D eigenvalue weighted by atomic mass is 10.0. The van der Waals surface area contributed by atoms with Crippen molar-refractivity contribution in [2.75, 3.05) is 18.0 Å². The summed E-state index contributed by atoms with van der Waals surface area (Å²) >= 11 is 0. The van der Waals surface area contributed by atoms with Gasteiger partial charge in [0.25, 0.3) is 0 Å². The highest BCUT2D eigenvalue weighted by Gasteiger charge is 2.23. The zero-order valence-electron chi connectivity index (χ0n) is 18.4. The smallest absolute Gasteiger partial charge is 0.303 e. The number of carboxylic acids is 1. The molecule has 1 aliphatic heterocycles. The van der Waals surface area contributed by atoms with Crippen molar-refractivity contribution in [1.29, 1.82) is 0 Å². The minimum atomic E-state index is -0.750. The summed E-state index contributed by atoms with van der Waals surface area (Å²) in [5, 5.41) is 8.77. The van der Waals surface area contributed by atoms with E-state index < -0.39 is 5.97 Å². The summed E-state index contributed by atoms with van der Waals surface area (Å²) in [6.07, 6.45) is 5.50. The number of nitrogens with zero attached hydrogens (tertiary/aromatic N) is 3. The van der Waals surface area contributed by atoms with E-state index in [2.05, 4.69) is 4.90 Å². The maximum atomic E-state index is 13.6. The number of hydrogen-bond acceptors (Lipinski definition) is 4. The molecule has 0 unspecified atom stereocenters. The van der Waals surface area contributed by atoms with Crippen LogP contribution in [0.4, 0.5) is 14.6 Å². The van der Waals surface area contributed by atoms with Gasteiger partial charge in [-0.1, -0.05) is 12.8 Å². The monoisotopic (exact) mass is 451 g/mol. The van der Waals surface area contributed by atoms with E-state index in [1.807, 2.05) is 0 Å². The average molecular weight is 452 g/mol. The van der Waals surface area contributed by atoms with Crippen LogP contribution in [0.5, 0.6) is 0 Å². The summed E-state index contributed by atoms with van der Waals surface area (Å²) in [5.41, 5.74) is 3.74. The summed E-state index contributed by atoms with van der Waals surface area (Å²) in [6, 6.07) is 12.4. The summed E-state index contributed by atoms with van der Waals surface area (Å²) in [7, 11) is 0. The normalized spacial score (nSPS) is 13.1. The maximum absolute atomic E-state index is 13.6. The van der Waals surface area contributed by atoms with Crippen LogP contribution in [0.2, 0.25) is 0 Å². The Morgan fingerprint density at radius 1 is 0.848 bits per heavy atom. The van der Waals surface area contributed by atoms with Crippen molar-refractivity contribution in [1.82, 2.24) is 9.97 Å². The molecule has 2 heterocycles. The number of anilines is 1. The van der Waals surface area contributed by atoms with Crippen LogP contribution in [0, 0.1) is 11.6 Å². The Balaban J connectivity index is 1.62. The van der Waals surface area contributed by atoms with Crippen LogP contribution in [0.25, 0.3) is 22.5 Å². The molecule has 0 saturated carbocycles. The first-order chi connectivity index (χ1) is 16.0. The van der Waals surface area contributed by atoms with Crippen LogP contribution >= 0.6 is 0 Å². The second-order valence-corrected chi connectivity index (χ2v) is 8.35. The summed E-state index contributed by atoms with van der Waals surface area (Å²) < 4.78 is 27.1. The van der Waals surface area contributed by atoms with Crippen LogP contribution in [0.1, 0.15) is 44.2 Å². The molecule has 0 saturated heterocycles. The predicted octanol–water partition coefficient (Wildman–Crippen LogP) is 5.88. The number of hydrogen-bond donors (Lipinski definition) is 1. The number of aliphatic carboxylic acids is 1. The number of rotatable bonds is 9. The Kier molecular flexibility index (Phi) is 7.27. The second-order valence-electron chi connectivity index (χ2n) is 8.35. The van der Waals surface area contributed by atoms with Crippen molar-refractivity contribution >= 4 is 11.8 Å². The maximum Gasteiger partial charge on any atom is 0.303 e. The number of aryl methyl sites for hydroxylation is 1.